The Morgan fingerprint density at radius 3 is 2.04 bits per heavy atom. The van der Waals surface area contributed by atoms with Crippen molar-refractivity contribution in [2.24, 2.45) is 0 Å². The maximum absolute atomic E-state index is 11.8. The first-order valence-electron chi connectivity index (χ1n) is 7.58. The molecule has 134 valence electrons. The molecule has 24 heavy (non-hydrogen) atoms. The van der Waals surface area contributed by atoms with E-state index in [4.69, 9.17) is 19.3 Å². The molecule has 0 heterocycles. The maximum atomic E-state index is 11.8. The van der Waals surface area contributed by atoms with Crippen molar-refractivity contribution in [2.75, 3.05) is 46.2 Å². The normalized spacial score (nSPS) is 10.5. The number of carboxylic acid groups (broad SMARTS) is 1. The molecule has 0 aliphatic heterocycles. The fourth-order valence-corrected chi connectivity index (χ4v) is 1.91. The maximum Gasteiger partial charge on any atom is 0.305 e. The largest absolute Gasteiger partial charge is 0.481 e. The lowest BCUT2D eigenvalue weighted by Crippen LogP contribution is -2.27. The van der Waals surface area contributed by atoms with Crippen LogP contribution in [0.5, 0.6) is 0 Å². The molecule has 1 aromatic rings. The van der Waals surface area contributed by atoms with E-state index in [1.165, 1.54) is 0 Å². The van der Waals surface area contributed by atoms with Crippen molar-refractivity contribution >= 4 is 27.8 Å². The van der Waals surface area contributed by atoms with Gasteiger partial charge in [-0.1, -0.05) is 15.9 Å². The van der Waals surface area contributed by atoms with E-state index in [1.807, 2.05) is 12.1 Å². The number of aliphatic carboxylic acids is 1. The summed E-state index contributed by atoms with van der Waals surface area (Å²) >= 11 is 3.32. The van der Waals surface area contributed by atoms with Gasteiger partial charge in [0.05, 0.1) is 46.1 Å². The molecular formula is C16H22BrNO6. The monoisotopic (exact) mass is 403 g/mol. The zero-order valence-electron chi connectivity index (χ0n) is 13.3. The number of rotatable bonds is 13. The molecule has 1 amide bonds. The van der Waals surface area contributed by atoms with Gasteiger partial charge in [-0.2, -0.15) is 0 Å². The molecule has 0 saturated carbocycles. The van der Waals surface area contributed by atoms with Crippen LogP contribution in [-0.4, -0.2) is 63.2 Å². The minimum atomic E-state index is -0.878. The number of carboxylic acids is 1. The van der Waals surface area contributed by atoms with Crippen molar-refractivity contribution in [1.82, 2.24) is 5.32 Å². The molecule has 0 atom stereocenters. The molecule has 0 fully saturated rings. The van der Waals surface area contributed by atoms with Gasteiger partial charge in [0, 0.05) is 16.6 Å². The number of hydrogen-bond acceptors (Lipinski definition) is 5. The van der Waals surface area contributed by atoms with E-state index in [-0.39, 0.29) is 18.9 Å². The van der Waals surface area contributed by atoms with E-state index in [9.17, 15) is 9.59 Å². The lowest BCUT2D eigenvalue weighted by atomic mass is 10.2. The van der Waals surface area contributed by atoms with Gasteiger partial charge in [-0.3, -0.25) is 9.59 Å². The van der Waals surface area contributed by atoms with Crippen molar-refractivity contribution in [3.05, 3.63) is 34.3 Å². The average molecular weight is 404 g/mol. The molecule has 7 nitrogen and oxygen atoms in total. The van der Waals surface area contributed by atoms with Crippen LogP contribution in [0.1, 0.15) is 16.8 Å². The number of nitrogens with one attached hydrogen (secondary N) is 1. The summed E-state index contributed by atoms with van der Waals surface area (Å²) in [6.45, 7) is 2.60. The first kappa shape index (κ1) is 20.6. The third kappa shape index (κ3) is 10.3. The molecule has 1 rings (SSSR count). The number of carbonyl (C=O) groups excluding carboxylic acids is 1. The summed E-state index contributed by atoms with van der Waals surface area (Å²) in [6, 6.07) is 7.11. The van der Waals surface area contributed by atoms with Gasteiger partial charge in [-0.05, 0) is 24.3 Å². The standard InChI is InChI=1S/C16H22BrNO6/c17-14-3-1-13(2-4-14)16(21)18-6-8-23-10-12-24-11-9-22-7-5-15(19)20/h1-4H,5-12H2,(H,18,21)(H,19,20). The summed E-state index contributed by atoms with van der Waals surface area (Å²) in [4.78, 5) is 22.0. The Bertz CT molecular complexity index is 494. The Hall–Kier alpha value is -1.48. The van der Waals surface area contributed by atoms with E-state index in [1.54, 1.807) is 12.1 Å². The van der Waals surface area contributed by atoms with E-state index in [0.717, 1.165) is 4.47 Å². The molecule has 0 saturated heterocycles. The first-order chi connectivity index (χ1) is 11.6. The van der Waals surface area contributed by atoms with Crippen molar-refractivity contribution in [2.45, 2.75) is 6.42 Å². The Morgan fingerprint density at radius 1 is 0.917 bits per heavy atom. The summed E-state index contributed by atoms with van der Waals surface area (Å²) in [5.74, 6) is -1.02. The lowest BCUT2D eigenvalue weighted by Gasteiger charge is -2.07. The van der Waals surface area contributed by atoms with Gasteiger partial charge in [0.2, 0.25) is 0 Å². The minimum Gasteiger partial charge on any atom is -0.481 e. The van der Waals surface area contributed by atoms with Crippen LogP contribution >= 0.6 is 15.9 Å². The zero-order chi connectivity index (χ0) is 17.6. The van der Waals surface area contributed by atoms with Crippen LogP contribution in [-0.2, 0) is 19.0 Å². The van der Waals surface area contributed by atoms with Crippen LogP contribution in [0, 0.1) is 0 Å². The van der Waals surface area contributed by atoms with Crippen LogP contribution in [0.2, 0.25) is 0 Å². The van der Waals surface area contributed by atoms with Gasteiger partial charge >= 0.3 is 5.97 Å². The average Bonchev–Trinajstić information content (AvgIpc) is 2.56. The third-order valence-corrected chi connectivity index (χ3v) is 3.37. The molecule has 0 spiro atoms. The molecule has 2 N–H and O–H groups in total. The molecule has 1 aromatic carbocycles. The Labute approximate surface area is 149 Å². The van der Waals surface area contributed by atoms with Crippen molar-refractivity contribution < 1.29 is 28.9 Å². The molecule has 0 aliphatic carbocycles. The van der Waals surface area contributed by atoms with Crippen molar-refractivity contribution in [3.8, 4) is 0 Å². The molecule has 0 unspecified atom stereocenters. The molecule has 8 heteroatoms. The SMILES string of the molecule is O=C(O)CCOCCOCCOCCNC(=O)c1ccc(Br)cc1. The number of carbonyl (C=O) groups is 2. The highest BCUT2D eigenvalue weighted by Crippen LogP contribution is 2.10. The third-order valence-electron chi connectivity index (χ3n) is 2.84. The van der Waals surface area contributed by atoms with E-state index in [0.29, 0.717) is 45.1 Å². The summed E-state index contributed by atoms with van der Waals surface area (Å²) in [7, 11) is 0. The van der Waals surface area contributed by atoms with E-state index < -0.39 is 5.97 Å². The summed E-state index contributed by atoms with van der Waals surface area (Å²) < 4.78 is 16.6. The molecule has 0 radical (unpaired) electrons. The van der Waals surface area contributed by atoms with E-state index in [2.05, 4.69) is 21.2 Å². The van der Waals surface area contributed by atoms with Crippen LogP contribution in [0.25, 0.3) is 0 Å². The molecule has 0 bridgehead atoms. The summed E-state index contributed by atoms with van der Waals surface area (Å²) in [5, 5.41) is 11.2. The van der Waals surface area contributed by atoms with Gasteiger partial charge in [0.25, 0.3) is 5.91 Å². The Balaban J connectivity index is 1.89. The topological polar surface area (TPSA) is 94.1 Å². The number of benzene rings is 1. The second kappa shape index (κ2) is 12.9. The number of ether oxygens (including phenoxy) is 3. The molecule has 0 aliphatic rings. The Kier molecular flexibility index (Phi) is 11.0. The number of halogens is 1. The summed E-state index contributed by atoms with van der Waals surface area (Å²) in [5.41, 5.74) is 0.601. The van der Waals surface area contributed by atoms with Crippen molar-refractivity contribution in [1.29, 1.82) is 0 Å². The smallest absolute Gasteiger partial charge is 0.305 e. The lowest BCUT2D eigenvalue weighted by molar-refractivity contribution is -0.138. The highest BCUT2D eigenvalue weighted by Gasteiger charge is 2.03. The fourth-order valence-electron chi connectivity index (χ4n) is 1.64. The predicted molar refractivity (Wildman–Crippen MR) is 91.2 cm³/mol. The first-order valence-corrected chi connectivity index (χ1v) is 8.37. The summed E-state index contributed by atoms with van der Waals surface area (Å²) in [6.07, 6.45) is -0.00487. The second-order valence-corrected chi connectivity index (χ2v) is 5.66. The van der Waals surface area contributed by atoms with Crippen LogP contribution in [0.4, 0.5) is 0 Å². The highest BCUT2D eigenvalue weighted by atomic mass is 79.9. The van der Waals surface area contributed by atoms with Gasteiger partial charge < -0.3 is 24.6 Å². The molecule has 0 aromatic heterocycles. The van der Waals surface area contributed by atoms with Crippen LogP contribution in [0.15, 0.2) is 28.7 Å². The van der Waals surface area contributed by atoms with Gasteiger partial charge in [-0.15, -0.1) is 0 Å². The van der Waals surface area contributed by atoms with E-state index >= 15 is 0 Å². The Morgan fingerprint density at radius 2 is 1.46 bits per heavy atom. The minimum absolute atomic E-state index is 0.00487. The quantitative estimate of drug-likeness (QED) is 0.486. The van der Waals surface area contributed by atoms with Crippen molar-refractivity contribution in [3.63, 3.8) is 0 Å². The zero-order valence-corrected chi connectivity index (χ0v) is 14.9. The predicted octanol–water partition coefficient (Wildman–Crippen LogP) is 1.70. The number of amides is 1. The number of hydrogen-bond donors (Lipinski definition) is 2. The van der Waals surface area contributed by atoms with Gasteiger partial charge in [-0.25, -0.2) is 0 Å². The fraction of sp³-hybridized carbons (Fsp3) is 0.500. The second-order valence-electron chi connectivity index (χ2n) is 4.74. The molecular weight excluding hydrogens is 382 g/mol. The van der Waals surface area contributed by atoms with Gasteiger partial charge in [0.15, 0.2) is 0 Å². The highest BCUT2D eigenvalue weighted by molar-refractivity contribution is 9.10. The van der Waals surface area contributed by atoms with Gasteiger partial charge in [0.1, 0.15) is 0 Å². The van der Waals surface area contributed by atoms with Crippen LogP contribution < -0.4 is 5.32 Å². The van der Waals surface area contributed by atoms with Crippen LogP contribution in [0.3, 0.4) is 0 Å².